The second-order valence-electron chi connectivity index (χ2n) is 5.17. The van der Waals surface area contributed by atoms with Crippen molar-refractivity contribution in [1.82, 2.24) is 5.32 Å². The van der Waals surface area contributed by atoms with E-state index in [9.17, 15) is 0 Å². The number of rotatable bonds is 3. The maximum atomic E-state index is 6.07. The van der Waals surface area contributed by atoms with Crippen LogP contribution in [-0.4, -0.2) is 25.8 Å². The molecule has 1 aliphatic heterocycles. The summed E-state index contributed by atoms with van der Waals surface area (Å²) in [6.07, 6.45) is 0.148. The first-order valence-corrected chi connectivity index (χ1v) is 6.07. The molecular weight excluding hydrogens is 214 g/mol. The van der Waals surface area contributed by atoms with E-state index in [0.717, 1.165) is 13.1 Å². The van der Waals surface area contributed by atoms with Crippen LogP contribution in [-0.2, 0) is 16.1 Å². The number of nitrogens with one attached hydrogen (secondary N) is 1. The number of methoxy groups -OCH3 is 1. The Morgan fingerprint density at radius 3 is 2.65 bits per heavy atom. The highest BCUT2D eigenvalue weighted by Crippen LogP contribution is 2.26. The first-order valence-electron chi connectivity index (χ1n) is 6.07. The molecule has 2 rings (SSSR count). The van der Waals surface area contributed by atoms with Crippen molar-refractivity contribution < 1.29 is 9.47 Å². The standard InChI is InChI=1S/C14H21NO2/c1-14(2)10-15-8-13(17-14)12-6-4-11(5-7-12)9-16-3/h4-7,13,15H,8-10H2,1-3H3. The van der Waals surface area contributed by atoms with Crippen LogP contribution in [0.1, 0.15) is 31.1 Å². The summed E-state index contributed by atoms with van der Waals surface area (Å²) in [5.41, 5.74) is 2.33. The summed E-state index contributed by atoms with van der Waals surface area (Å²) in [5, 5.41) is 3.41. The average Bonchev–Trinajstić information content (AvgIpc) is 2.29. The maximum absolute atomic E-state index is 6.07. The molecule has 1 fully saturated rings. The molecule has 0 saturated carbocycles. The molecule has 3 nitrogen and oxygen atoms in total. The summed E-state index contributed by atoms with van der Waals surface area (Å²) < 4.78 is 11.2. The van der Waals surface area contributed by atoms with Crippen molar-refractivity contribution in [3.05, 3.63) is 35.4 Å². The van der Waals surface area contributed by atoms with Crippen molar-refractivity contribution in [2.24, 2.45) is 0 Å². The SMILES string of the molecule is COCc1ccc(C2CNCC(C)(C)O2)cc1. The zero-order valence-corrected chi connectivity index (χ0v) is 10.8. The van der Waals surface area contributed by atoms with E-state index in [2.05, 4.69) is 43.4 Å². The van der Waals surface area contributed by atoms with Gasteiger partial charge >= 0.3 is 0 Å². The van der Waals surface area contributed by atoms with E-state index < -0.39 is 0 Å². The van der Waals surface area contributed by atoms with Gasteiger partial charge in [0.2, 0.25) is 0 Å². The minimum absolute atomic E-state index is 0.0892. The van der Waals surface area contributed by atoms with Gasteiger partial charge in [0.1, 0.15) is 0 Å². The summed E-state index contributed by atoms with van der Waals surface area (Å²) in [5.74, 6) is 0. The molecule has 0 aliphatic carbocycles. The molecule has 0 radical (unpaired) electrons. The Morgan fingerprint density at radius 2 is 2.06 bits per heavy atom. The van der Waals surface area contributed by atoms with E-state index in [1.807, 2.05) is 0 Å². The first kappa shape index (κ1) is 12.6. The second kappa shape index (κ2) is 5.17. The van der Waals surface area contributed by atoms with Crippen LogP contribution in [0.15, 0.2) is 24.3 Å². The molecule has 0 amide bonds. The van der Waals surface area contributed by atoms with Gasteiger partial charge in [0.25, 0.3) is 0 Å². The third-order valence-corrected chi connectivity index (χ3v) is 3.00. The van der Waals surface area contributed by atoms with Gasteiger partial charge < -0.3 is 14.8 Å². The van der Waals surface area contributed by atoms with Crippen LogP contribution in [0, 0.1) is 0 Å². The van der Waals surface area contributed by atoms with Crippen molar-refractivity contribution in [3.63, 3.8) is 0 Å². The largest absolute Gasteiger partial charge is 0.380 e. The lowest BCUT2D eigenvalue weighted by Gasteiger charge is -2.36. The van der Waals surface area contributed by atoms with Crippen LogP contribution >= 0.6 is 0 Å². The van der Waals surface area contributed by atoms with E-state index in [0.29, 0.717) is 6.61 Å². The molecule has 3 heteroatoms. The molecule has 1 aromatic carbocycles. The summed E-state index contributed by atoms with van der Waals surface area (Å²) in [4.78, 5) is 0. The van der Waals surface area contributed by atoms with Crippen molar-refractivity contribution in [1.29, 1.82) is 0 Å². The highest BCUT2D eigenvalue weighted by atomic mass is 16.5. The normalized spacial score (nSPS) is 23.6. The third-order valence-electron chi connectivity index (χ3n) is 3.00. The van der Waals surface area contributed by atoms with E-state index in [-0.39, 0.29) is 11.7 Å². The number of ether oxygens (including phenoxy) is 2. The summed E-state index contributed by atoms with van der Waals surface area (Å²) >= 11 is 0. The Kier molecular flexibility index (Phi) is 3.82. The fourth-order valence-corrected chi connectivity index (χ4v) is 2.15. The zero-order valence-electron chi connectivity index (χ0n) is 10.8. The van der Waals surface area contributed by atoms with Crippen molar-refractivity contribution in [2.75, 3.05) is 20.2 Å². The minimum Gasteiger partial charge on any atom is -0.380 e. The highest BCUT2D eigenvalue weighted by Gasteiger charge is 2.28. The Bertz CT molecular complexity index is 359. The Labute approximate surface area is 103 Å². The molecule has 0 bridgehead atoms. The summed E-state index contributed by atoms with van der Waals surface area (Å²) in [7, 11) is 1.71. The van der Waals surface area contributed by atoms with E-state index in [1.165, 1.54) is 11.1 Å². The maximum Gasteiger partial charge on any atom is 0.0957 e. The van der Waals surface area contributed by atoms with Crippen LogP contribution in [0.5, 0.6) is 0 Å². The zero-order chi connectivity index (χ0) is 12.3. The second-order valence-corrected chi connectivity index (χ2v) is 5.17. The van der Waals surface area contributed by atoms with E-state index >= 15 is 0 Å². The number of benzene rings is 1. The van der Waals surface area contributed by atoms with Gasteiger partial charge in [-0.1, -0.05) is 24.3 Å². The van der Waals surface area contributed by atoms with Gasteiger partial charge in [0.15, 0.2) is 0 Å². The molecule has 1 unspecified atom stereocenters. The molecule has 1 atom stereocenters. The lowest BCUT2D eigenvalue weighted by atomic mass is 10.0. The quantitative estimate of drug-likeness (QED) is 0.872. The van der Waals surface area contributed by atoms with Gasteiger partial charge in [-0.2, -0.15) is 0 Å². The van der Waals surface area contributed by atoms with Crippen LogP contribution < -0.4 is 5.32 Å². The third kappa shape index (κ3) is 3.28. The van der Waals surface area contributed by atoms with Gasteiger partial charge in [-0.3, -0.25) is 0 Å². The molecule has 1 N–H and O–H groups in total. The van der Waals surface area contributed by atoms with Gasteiger partial charge in [-0.05, 0) is 25.0 Å². The lowest BCUT2D eigenvalue weighted by Crippen LogP contribution is -2.46. The van der Waals surface area contributed by atoms with Crippen molar-refractivity contribution >= 4 is 0 Å². The van der Waals surface area contributed by atoms with Gasteiger partial charge in [0.05, 0.1) is 18.3 Å². The predicted octanol–water partition coefficient (Wildman–Crippen LogP) is 2.27. The summed E-state index contributed by atoms with van der Waals surface area (Å²) in [6.45, 7) is 6.69. The Balaban J connectivity index is 2.06. The van der Waals surface area contributed by atoms with Crippen LogP contribution in [0.2, 0.25) is 0 Å². The fourth-order valence-electron chi connectivity index (χ4n) is 2.15. The lowest BCUT2D eigenvalue weighted by molar-refractivity contribution is -0.0958. The van der Waals surface area contributed by atoms with E-state index in [4.69, 9.17) is 9.47 Å². The van der Waals surface area contributed by atoms with Gasteiger partial charge in [-0.25, -0.2) is 0 Å². The number of hydrogen-bond donors (Lipinski definition) is 1. The van der Waals surface area contributed by atoms with Crippen LogP contribution in [0.3, 0.4) is 0 Å². The van der Waals surface area contributed by atoms with Gasteiger partial charge in [0, 0.05) is 20.2 Å². The van der Waals surface area contributed by atoms with Crippen LogP contribution in [0.4, 0.5) is 0 Å². The minimum atomic E-state index is -0.0892. The highest BCUT2D eigenvalue weighted by molar-refractivity contribution is 5.24. The Morgan fingerprint density at radius 1 is 1.35 bits per heavy atom. The van der Waals surface area contributed by atoms with Gasteiger partial charge in [-0.15, -0.1) is 0 Å². The Hall–Kier alpha value is -0.900. The van der Waals surface area contributed by atoms with E-state index in [1.54, 1.807) is 7.11 Å². The molecule has 1 heterocycles. The number of morpholine rings is 1. The summed E-state index contributed by atoms with van der Waals surface area (Å²) in [6, 6.07) is 8.46. The molecule has 0 spiro atoms. The predicted molar refractivity (Wildman–Crippen MR) is 67.9 cm³/mol. The fraction of sp³-hybridized carbons (Fsp3) is 0.571. The molecular formula is C14H21NO2. The van der Waals surface area contributed by atoms with Crippen LogP contribution in [0.25, 0.3) is 0 Å². The monoisotopic (exact) mass is 235 g/mol. The molecule has 0 aromatic heterocycles. The molecule has 1 saturated heterocycles. The number of hydrogen-bond acceptors (Lipinski definition) is 3. The molecule has 1 aromatic rings. The average molecular weight is 235 g/mol. The van der Waals surface area contributed by atoms with Crippen molar-refractivity contribution in [3.8, 4) is 0 Å². The smallest absolute Gasteiger partial charge is 0.0957 e. The molecule has 94 valence electrons. The topological polar surface area (TPSA) is 30.5 Å². The van der Waals surface area contributed by atoms with Crippen molar-refractivity contribution in [2.45, 2.75) is 32.2 Å². The first-order chi connectivity index (χ1) is 8.11. The molecule has 1 aliphatic rings. The molecule has 17 heavy (non-hydrogen) atoms.